The van der Waals surface area contributed by atoms with Crippen molar-refractivity contribution >= 4 is 22.9 Å². The number of hydrogen-bond donors (Lipinski definition) is 1. The van der Waals surface area contributed by atoms with Crippen molar-refractivity contribution in [3.63, 3.8) is 0 Å². The third-order valence-electron chi connectivity index (χ3n) is 2.79. The zero-order valence-electron chi connectivity index (χ0n) is 12.9. The number of methoxy groups -OCH3 is 1. The van der Waals surface area contributed by atoms with Gasteiger partial charge in [-0.2, -0.15) is 18.2 Å². The van der Waals surface area contributed by atoms with Crippen LogP contribution in [0.4, 0.5) is 26.3 Å². The van der Waals surface area contributed by atoms with Crippen molar-refractivity contribution in [3.05, 3.63) is 33.4 Å². The van der Waals surface area contributed by atoms with Crippen molar-refractivity contribution in [3.8, 4) is 17.4 Å². The summed E-state index contributed by atoms with van der Waals surface area (Å²) in [5, 5.41) is 8.40. The molecule has 0 saturated heterocycles. The van der Waals surface area contributed by atoms with Gasteiger partial charge in [-0.3, -0.25) is 4.74 Å². The molecule has 27 heavy (non-hydrogen) atoms. The van der Waals surface area contributed by atoms with Crippen LogP contribution in [0, 0.1) is 5.13 Å². The second-order valence-electron chi connectivity index (χ2n) is 4.49. The van der Waals surface area contributed by atoms with Gasteiger partial charge in [0.25, 0.3) is 5.88 Å². The number of rotatable bonds is 7. The van der Waals surface area contributed by atoms with E-state index in [0.29, 0.717) is 0 Å². The van der Waals surface area contributed by atoms with Gasteiger partial charge in [0.1, 0.15) is 5.56 Å². The van der Waals surface area contributed by atoms with E-state index in [9.17, 15) is 31.4 Å². The van der Waals surface area contributed by atoms with Gasteiger partial charge in [-0.25, -0.2) is 4.74 Å². The van der Waals surface area contributed by atoms with Crippen LogP contribution < -0.4 is 9.47 Å². The first-order chi connectivity index (χ1) is 12.5. The van der Waals surface area contributed by atoms with E-state index in [-0.39, 0.29) is 11.3 Å². The highest BCUT2D eigenvalue weighted by molar-refractivity contribution is 7.14. The molecule has 1 heterocycles. The van der Waals surface area contributed by atoms with E-state index < -0.39 is 51.5 Å². The van der Waals surface area contributed by atoms with E-state index in [4.69, 9.17) is 16.3 Å². The topological polar surface area (TPSA) is 70.0 Å². The van der Waals surface area contributed by atoms with Crippen molar-refractivity contribution in [2.45, 2.75) is 18.9 Å². The Morgan fingerprint density at radius 3 is 2.41 bits per heavy atom. The number of nitrogens with zero attached hydrogens (tertiary/aromatic N) is 1. The SMILES string of the molecule is COc1c(O)cccc1C(Oc1nc(Cl)sc1F)(OC(F)F)OC(F)(F)F. The predicted octanol–water partition coefficient (Wildman–Crippen LogP) is 4.61. The van der Waals surface area contributed by atoms with Gasteiger partial charge in [-0.15, -0.1) is 13.2 Å². The lowest BCUT2D eigenvalue weighted by molar-refractivity contribution is -0.497. The van der Waals surface area contributed by atoms with Crippen LogP contribution in [-0.4, -0.2) is 30.2 Å². The molecule has 6 nitrogen and oxygen atoms in total. The first-order valence-electron chi connectivity index (χ1n) is 6.57. The minimum Gasteiger partial charge on any atom is -0.504 e. The fourth-order valence-electron chi connectivity index (χ4n) is 1.95. The minimum absolute atomic E-state index is 0.157. The van der Waals surface area contributed by atoms with Gasteiger partial charge in [-0.05, 0) is 12.1 Å². The molecule has 0 aliphatic rings. The summed E-state index contributed by atoms with van der Waals surface area (Å²) in [4.78, 5) is 3.25. The van der Waals surface area contributed by atoms with Gasteiger partial charge in [0.15, 0.2) is 16.0 Å². The van der Waals surface area contributed by atoms with Crippen molar-refractivity contribution in [1.82, 2.24) is 4.98 Å². The average Bonchev–Trinajstić information content (AvgIpc) is 2.81. The lowest BCUT2D eigenvalue weighted by Gasteiger charge is -2.33. The lowest BCUT2D eigenvalue weighted by Crippen LogP contribution is -2.45. The molecular formula is C13H8ClF6NO5S. The summed E-state index contributed by atoms with van der Waals surface area (Å²) in [6, 6.07) is 2.70. The minimum atomic E-state index is -5.61. The third-order valence-corrected chi connectivity index (χ3v) is 3.71. The highest BCUT2D eigenvalue weighted by Crippen LogP contribution is 2.45. The van der Waals surface area contributed by atoms with Crippen LogP contribution in [0.5, 0.6) is 17.4 Å². The molecule has 0 spiro atoms. The van der Waals surface area contributed by atoms with Gasteiger partial charge < -0.3 is 14.6 Å². The molecule has 1 aromatic carbocycles. The number of benzene rings is 1. The summed E-state index contributed by atoms with van der Waals surface area (Å²) >= 11 is 5.59. The summed E-state index contributed by atoms with van der Waals surface area (Å²) in [6.07, 6.45) is -5.61. The van der Waals surface area contributed by atoms with Crippen molar-refractivity contribution in [2.24, 2.45) is 0 Å². The molecule has 150 valence electrons. The average molecular weight is 440 g/mol. The van der Waals surface area contributed by atoms with E-state index >= 15 is 0 Å². The third kappa shape index (κ3) is 5.06. The molecule has 0 amide bonds. The standard InChI is InChI=1S/C13H8ClF6NO5S/c1-23-7-5(3-2-4-6(7)22)12(25-11(16)17,26-13(18,19)20)24-9-8(15)27-10(14)21-9/h2-4,11,22H,1H3. The number of phenols is 1. The first kappa shape index (κ1) is 21.3. The number of aromatic hydroxyl groups is 1. The molecule has 0 aliphatic heterocycles. The fourth-order valence-corrected chi connectivity index (χ4v) is 2.68. The molecule has 2 aromatic rings. The van der Waals surface area contributed by atoms with Gasteiger partial charge >= 0.3 is 18.9 Å². The smallest absolute Gasteiger partial charge is 0.504 e. The number of aromatic nitrogens is 1. The van der Waals surface area contributed by atoms with Crippen molar-refractivity contribution in [1.29, 1.82) is 0 Å². The lowest BCUT2D eigenvalue weighted by atomic mass is 10.1. The summed E-state index contributed by atoms with van der Waals surface area (Å²) in [6.45, 7) is -3.89. The van der Waals surface area contributed by atoms with E-state index in [1.54, 1.807) is 0 Å². The monoisotopic (exact) mass is 439 g/mol. The van der Waals surface area contributed by atoms with Crippen LogP contribution in [-0.2, 0) is 15.4 Å². The Balaban J connectivity index is 2.71. The molecule has 0 fully saturated rings. The maximum atomic E-state index is 13.8. The van der Waals surface area contributed by atoms with Crippen molar-refractivity contribution in [2.75, 3.05) is 7.11 Å². The highest BCUT2D eigenvalue weighted by Gasteiger charge is 2.53. The number of phenolic OH excluding ortho intramolecular Hbond substituents is 1. The molecule has 0 saturated carbocycles. The molecule has 2 rings (SSSR count). The summed E-state index contributed by atoms with van der Waals surface area (Å²) in [5.74, 6) is -6.55. The summed E-state index contributed by atoms with van der Waals surface area (Å²) < 4.78 is 95.0. The number of halogens is 7. The molecule has 1 aromatic heterocycles. The van der Waals surface area contributed by atoms with Crippen LogP contribution in [0.3, 0.4) is 0 Å². The quantitative estimate of drug-likeness (QED) is 0.502. The highest BCUT2D eigenvalue weighted by atomic mass is 35.5. The normalized spacial score (nSPS) is 14.3. The fraction of sp³-hybridized carbons (Fsp3) is 0.308. The molecule has 0 aliphatic carbocycles. The second kappa shape index (κ2) is 7.96. The number of hydrogen-bond acceptors (Lipinski definition) is 7. The Kier molecular flexibility index (Phi) is 6.29. The Labute approximate surface area is 155 Å². The van der Waals surface area contributed by atoms with Gasteiger partial charge in [-0.1, -0.05) is 29.0 Å². The van der Waals surface area contributed by atoms with Crippen molar-refractivity contribution < 1.29 is 50.4 Å². The molecule has 1 atom stereocenters. The molecule has 1 N–H and O–H groups in total. The molecule has 0 radical (unpaired) electrons. The zero-order chi connectivity index (χ0) is 20.4. The van der Waals surface area contributed by atoms with Crippen LogP contribution >= 0.6 is 22.9 Å². The Morgan fingerprint density at radius 2 is 1.93 bits per heavy atom. The largest absolute Gasteiger partial charge is 0.527 e. The van der Waals surface area contributed by atoms with Gasteiger partial charge in [0.2, 0.25) is 5.13 Å². The van der Waals surface area contributed by atoms with Crippen LogP contribution in [0.15, 0.2) is 18.2 Å². The molecule has 14 heteroatoms. The summed E-state index contributed by atoms with van der Waals surface area (Å²) in [5.41, 5.74) is -0.980. The van der Waals surface area contributed by atoms with Crippen LogP contribution in [0.1, 0.15) is 5.56 Å². The second-order valence-corrected chi connectivity index (χ2v) is 6.02. The Morgan fingerprint density at radius 1 is 1.26 bits per heavy atom. The number of alkyl halides is 5. The number of para-hydroxylation sites is 1. The van der Waals surface area contributed by atoms with E-state index in [0.717, 1.165) is 25.3 Å². The zero-order valence-corrected chi connectivity index (χ0v) is 14.5. The Bertz CT molecular complexity index is 804. The predicted molar refractivity (Wildman–Crippen MR) is 78.3 cm³/mol. The summed E-state index contributed by atoms with van der Waals surface area (Å²) in [7, 11) is 0.916. The molecular weight excluding hydrogens is 432 g/mol. The Hall–Kier alpha value is -1.96. The van der Waals surface area contributed by atoms with Crippen LogP contribution in [0.25, 0.3) is 0 Å². The van der Waals surface area contributed by atoms with E-state index in [1.165, 1.54) is 0 Å². The van der Waals surface area contributed by atoms with E-state index in [2.05, 4.69) is 19.2 Å². The maximum Gasteiger partial charge on any atom is 0.527 e. The molecule has 1 unspecified atom stereocenters. The van der Waals surface area contributed by atoms with Gasteiger partial charge in [0, 0.05) is 0 Å². The van der Waals surface area contributed by atoms with Gasteiger partial charge in [0.05, 0.1) is 7.11 Å². The van der Waals surface area contributed by atoms with E-state index in [1.807, 2.05) is 0 Å². The number of thiazole rings is 1. The maximum absolute atomic E-state index is 13.8. The molecule has 0 bridgehead atoms. The van der Waals surface area contributed by atoms with Crippen LogP contribution in [0.2, 0.25) is 4.47 Å². The number of ether oxygens (including phenoxy) is 4. The first-order valence-corrected chi connectivity index (χ1v) is 7.77.